The number of methoxy groups -OCH3 is 1. The molecule has 2 aliphatic rings. The number of ether oxygens (including phenoxy) is 1. The molecule has 2 aromatic rings. The molecule has 10 nitrogen and oxygen atoms in total. The van der Waals surface area contributed by atoms with E-state index in [9.17, 15) is 37.8 Å². The largest absolute Gasteiger partial charge is 0.502 e. The molecule has 0 radical (unpaired) electrons. The van der Waals surface area contributed by atoms with E-state index in [0.717, 1.165) is 10.9 Å². The van der Waals surface area contributed by atoms with Crippen LogP contribution in [0, 0.1) is 17.5 Å². The number of nitrogens with zero attached hydrogens (tertiary/aromatic N) is 3. The van der Waals surface area contributed by atoms with Crippen molar-refractivity contribution in [2.24, 2.45) is 0 Å². The highest BCUT2D eigenvalue weighted by Crippen LogP contribution is 2.30. The molecule has 1 aromatic heterocycles. The number of amides is 2. The zero-order chi connectivity index (χ0) is 25.8. The predicted molar refractivity (Wildman–Crippen MR) is 115 cm³/mol. The minimum atomic E-state index is -1.23. The molecular weight excluding hydrogens is 473 g/mol. The van der Waals surface area contributed by atoms with Crippen molar-refractivity contribution in [3.63, 3.8) is 0 Å². The van der Waals surface area contributed by atoms with Crippen molar-refractivity contribution < 1.29 is 37.7 Å². The van der Waals surface area contributed by atoms with Crippen molar-refractivity contribution in [2.45, 2.75) is 44.7 Å². The van der Waals surface area contributed by atoms with Crippen LogP contribution in [0.4, 0.5) is 13.2 Å². The van der Waals surface area contributed by atoms with Crippen LogP contribution in [0.15, 0.2) is 23.1 Å². The van der Waals surface area contributed by atoms with Gasteiger partial charge in [-0.3, -0.25) is 24.1 Å². The van der Waals surface area contributed by atoms with Crippen molar-refractivity contribution >= 4 is 11.8 Å². The Kier molecular flexibility index (Phi) is 6.23. The summed E-state index contributed by atoms with van der Waals surface area (Å²) in [5, 5.41) is 25.1. The molecule has 0 aliphatic carbocycles. The van der Waals surface area contributed by atoms with Crippen LogP contribution in [0.3, 0.4) is 0 Å². The van der Waals surface area contributed by atoms with E-state index in [0.29, 0.717) is 12.1 Å². The summed E-state index contributed by atoms with van der Waals surface area (Å²) in [5.74, 6) is -6.40. The van der Waals surface area contributed by atoms with E-state index in [1.807, 2.05) is 0 Å². The molecule has 35 heavy (non-hydrogen) atoms. The fourth-order valence-corrected chi connectivity index (χ4v) is 4.47. The molecule has 4 atom stereocenters. The lowest BCUT2D eigenvalue weighted by molar-refractivity contribution is -0.0464. The maximum Gasteiger partial charge on any atom is 0.278 e. The average Bonchev–Trinajstić information content (AvgIpc) is 2.87. The summed E-state index contributed by atoms with van der Waals surface area (Å²) in [6.07, 6.45) is -0.839. The molecule has 13 heteroatoms. The highest BCUT2D eigenvalue weighted by molar-refractivity contribution is 5.99. The highest BCUT2D eigenvalue weighted by atomic mass is 19.1. The number of aromatic hydroxyl groups is 1. The standard InChI is InChI=1S/C22H23F3N4O6/c1-9-17(30)20(35-3)10(2)27-8-29(9)28-7-13(18(31)19(32)16(28)22(27)34)21(33)26-6-12-14(24)4-11(23)5-15(12)25/h4-5,7,9-10,17,20,30,32H,6,8H2,1-3H3,(H,26,33)/t9-,10+,17-,20+/m1/s1. The number of aliphatic hydroxyl groups is 1. The van der Waals surface area contributed by atoms with Crippen molar-refractivity contribution in [3.8, 4) is 5.75 Å². The van der Waals surface area contributed by atoms with E-state index in [1.54, 1.807) is 13.8 Å². The second kappa shape index (κ2) is 8.89. The third-order valence-corrected chi connectivity index (χ3v) is 6.52. The monoisotopic (exact) mass is 496 g/mol. The van der Waals surface area contributed by atoms with E-state index in [1.165, 1.54) is 17.0 Å². The second-order valence-corrected chi connectivity index (χ2v) is 8.47. The fourth-order valence-electron chi connectivity index (χ4n) is 4.47. The van der Waals surface area contributed by atoms with Gasteiger partial charge < -0.3 is 25.2 Å². The van der Waals surface area contributed by atoms with Gasteiger partial charge in [-0.1, -0.05) is 0 Å². The van der Waals surface area contributed by atoms with E-state index in [4.69, 9.17) is 4.74 Å². The first-order valence-electron chi connectivity index (χ1n) is 10.7. The number of hydrogen-bond acceptors (Lipinski definition) is 7. The number of benzene rings is 1. The first-order valence-corrected chi connectivity index (χ1v) is 10.7. The molecule has 2 bridgehead atoms. The first-order chi connectivity index (χ1) is 16.5. The molecule has 0 unspecified atom stereocenters. The Morgan fingerprint density at radius 1 is 1.17 bits per heavy atom. The number of pyridine rings is 1. The van der Waals surface area contributed by atoms with Crippen LogP contribution in [0.1, 0.15) is 40.3 Å². The van der Waals surface area contributed by atoms with Gasteiger partial charge >= 0.3 is 0 Å². The summed E-state index contributed by atoms with van der Waals surface area (Å²) < 4.78 is 47.4. The Labute approximate surface area is 197 Å². The Bertz CT molecular complexity index is 1250. The SMILES string of the molecule is CO[C@@H]1[C@H](O)[C@@H](C)N2CN(C(=O)c3c(O)c(=O)c(C(=O)NCc4c(F)cc(F)cc4F)cn32)[C@H]1C. The van der Waals surface area contributed by atoms with Gasteiger partial charge in [-0.25, -0.2) is 13.2 Å². The van der Waals surface area contributed by atoms with Gasteiger partial charge in [0.1, 0.15) is 41.9 Å². The average molecular weight is 496 g/mol. The smallest absolute Gasteiger partial charge is 0.278 e. The Balaban J connectivity index is 1.73. The van der Waals surface area contributed by atoms with E-state index in [2.05, 4.69) is 5.32 Å². The molecule has 4 rings (SSSR count). The zero-order valence-electron chi connectivity index (χ0n) is 19.0. The summed E-state index contributed by atoms with van der Waals surface area (Å²) >= 11 is 0. The van der Waals surface area contributed by atoms with Crippen LogP contribution in [0.25, 0.3) is 0 Å². The Morgan fingerprint density at radius 2 is 1.80 bits per heavy atom. The Hall–Kier alpha value is -3.58. The topological polar surface area (TPSA) is 124 Å². The Morgan fingerprint density at radius 3 is 2.40 bits per heavy atom. The summed E-state index contributed by atoms with van der Waals surface area (Å²) in [4.78, 5) is 40.0. The molecule has 188 valence electrons. The van der Waals surface area contributed by atoms with Crippen LogP contribution < -0.4 is 15.8 Å². The van der Waals surface area contributed by atoms with Crippen LogP contribution >= 0.6 is 0 Å². The fraction of sp³-hybridized carbons (Fsp3) is 0.409. The van der Waals surface area contributed by atoms with Crippen molar-refractivity contribution in [2.75, 3.05) is 18.8 Å². The number of fused-ring (bicyclic) bond motifs is 4. The normalized spacial score (nSPS) is 23.7. The van der Waals surface area contributed by atoms with E-state index < -0.39 is 88.1 Å². The maximum atomic E-state index is 13.9. The number of carbonyl (C=O) groups excluding carboxylic acids is 2. The lowest BCUT2D eigenvalue weighted by Crippen LogP contribution is -2.58. The second-order valence-electron chi connectivity index (χ2n) is 8.47. The molecule has 2 amide bonds. The number of hydrogen-bond donors (Lipinski definition) is 3. The third kappa shape index (κ3) is 3.90. The van der Waals surface area contributed by atoms with Gasteiger partial charge in [0.25, 0.3) is 11.8 Å². The maximum absolute atomic E-state index is 13.9. The van der Waals surface area contributed by atoms with Gasteiger partial charge in [-0.05, 0) is 13.8 Å². The summed E-state index contributed by atoms with van der Waals surface area (Å²) in [6.45, 7) is 2.55. The van der Waals surface area contributed by atoms with Crippen LogP contribution in [0.5, 0.6) is 5.75 Å². The predicted octanol–water partition coefficient (Wildman–Crippen LogP) is 0.419. The minimum absolute atomic E-state index is 0.0412. The molecule has 2 aliphatic heterocycles. The van der Waals surface area contributed by atoms with Crippen LogP contribution in [-0.2, 0) is 11.3 Å². The van der Waals surface area contributed by atoms with Gasteiger partial charge in [0.2, 0.25) is 5.43 Å². The molecule has 0 spiro atoms. The number of rotatable bonds is 4. The number of carbonyl (C=O) groups is 2. The first kappa shape index (κ1) is 24.5. The van der Waals surface area contributed by atoms with Gasteiger partial charge in [-0.2, -0.15) is 0 Å². The zero-order valence-corrected chi connectivity index (χ0v) is 19.0. The minimum Gasteiger partial charge on any atom is -0.502 e. The molecule has 3 N–H and O–H groups in total. The molecular formula is C22H23F3N4O6. The molecule has 1 aromatic carbocycles. The van der Waals surface area contributed by atoms with Crippen molar-refractivity contribution in [1.82, 2.24) is 14.9 Å². The number of aliphatic hydroxyl groups excluding tert-OH is 1. The number of nitrogens with one attached hydrogen (secondary N) is 1. The van der Waals surface area contributed by atoms with E-state index >= 15 is 0 Å². The summed E-state index contributed by atoms with van der Waals surface area (Å²) in [7, 11) is 1.38. The quantitative estimate of drug-likeness (QED) is 0.561. The number of halogens is 3. The highest BCUT2D eigenvalue weighted by Gasteiger charge is 2.47. The van der Waals surface area contributed by atoms with Crippen LogP contribution in [-0.4, -0.2) is 69.7 Å². The van der Waals surface area contributed by atoms with Gasteiger partial charge in [-0.15, -0.1) is 0 Å². The van der Waals surface area contributed by atoms with Crippen LogP contribution in [0.2, 0.25) is 0 Å². The molecule has 1 saturated heterocycles. The lowest BCUT2D eigenvalue weighted by Gasteiger charge is -2.41. The molecule has 3 heterocycles. The third-order valence-electron chi connectivity index (χ3n) is 6.52. The van der Waals surface area contributed by atoms with Gasteiger partial charge in [0.15, 0.2) is 11.4 Å². The number of aromatic nitrogens is 1. The van der Waals surface area contributed by atoms with Gasteiger partial charge in [0.05, 0.1) is 12.1 Å². The lowest BCUT2D eigenvalue weighted by atomic mass is 10.0. The van der Waals surface area contributed by atoms with E-state index in [-0.39, 0.29) is 6.67 Å². The molecule has 1 fully saturated rings. The molecule has 0 saturated carbocycles. The van der Waals surface area contributed by atoms with Crippen molar-refractivity contribution in [1.29, 1.82) is 0 Å². The van der Waals surface area contributed by atoms with Gasteiger partial charge in [0, 0.05) is 37.5 Å². The summed E-state index contributed by atoms with van der Waals surface area (Å²) in [6, 6.07) is -0.398. The summed E-state index contributed by atoms with van der Waals surface area (Å²) in [5.41, 5.74) is -2.82. The van der Waals surface area contributed by atoms with Crippen molar-refractivity contribution in [3.05, 3.63) is 62.8 Å².